The van der Waals surface area contributed by atoms with Crippen molar-refractivity contribution in [1.29, 1.82) is 0 Å². The predicted octanol–water partition coefficient (Wildman–Crippen LogP) is 3.75. The Morgan fingerprint density at radius 1 is 1.32 bits per heavy atom. The summed E-state index contributed by atoms with van der Waals surface area (Å²) < 4.78 is 18.6. The molecule has 1 N–H and O–H groups in total. The van der Waals surface area contributed by atoms with Crippen molar-refractivity contribution in [3.05, 3.63) is 30.1 Å². The van der Waals surface area contributed by atoms with Gasteiger partial charge in [0.25, 0.3) is 5.91 Å². The van der Waals surface area contributed by atoms with Crippen LogP contribution in [0.2, 0.25) is 0 Å². The van der Waals surface area contributed by atoms with E-state index >= 15 is 0 Å². The average Bonchev–Trinajstić information content (AvgIpc) is 2.64. The van der Waals surface area contributed by atoms with Gasteiger partial charge in [0.15, 0.2) is 6.10 Å². The molecule has 1 saturated heterocycles. The lowest BCUT2D eigenvalue weighted by Crippen LogP contribution is -2.42. The SMILES string of the molecule is CC[C@@H]1CCCCN1CCCNC(=O)[C@H](CC)Oc1ccc(F)cc1. The van der Waals surface area contributed by atoms with Gasteiger partial charge in [-0.05, 0) is 62.9 Å². The zero-order valence-corrected chi connectivity index (χ0v) is 15.5. The second-order valence-electron chi connectivity index (χ2n) is 6.71. The van der Waals surface area contributed by atoms with Crippen LogP contribution in [-0.2, 0) is 4.79 Å². The highest BCUT2D eigenvalue weighted by molar-refractivity contribution is 5.81. The molecular weight excluding hydrogens is 319 g/mol. The largest absolute Gasteiger partial charge is 0.481 e. The fourth-order valence-corrected chi connectivity index (χ4v) is 3.42. The van der Waals surface area contributed by atoms with Crippen molar-refractivity contribution in [2.45, 2.75) is 64.5 Å². The minimum absolute atomic E-state index is 0.0995. The van der Waals surface area contributed by atoms with Crippen LogP contribution in [0, 0.1) is 5.82 Å². The summed E-state index contributed by atoms with van der Waals surface area (Å²) in [5.41, 5.74) is 0. The van der Waals surface area contributed by atoms with Crippen molar-refractivity contribution in [3.63, 3.8) is 0 Å². The van der Waals surface area contributed by atoms with E-state index < -0.39 is 6.10 Å². The van der Waals surface area contributed by atoms with Gasteiger partial charge < -0.3 is 15.0 Å². The molecule has 1 aliphatic rings. The van der Waals surface area contributed by atoms with E-state index in [-0.39, 0.29) is 11.7 Å². The van der Waals surface area contributed by atoms with Crippen molar-refractivity contribution in [2.75, 3.05) is 19.6 Å². The lowest BCUT2D eigenvalue weighted by atomic mass is 10.00. The number of hydrogen-bond donors (Lipinski definition) is 1. The zero-order valence-electron chi connectivity index (χ0n) is 15.5. The first-order valence-corrected chi connectivity index (χ1v) is 9.58. The van der Waals surface area contributed by atoms with E-state index in [1.54, 1.807) is 12.1 Å². The molecule has 0 bridgehead atoms. The molecule has 1 aromatic carbocycles. The van der Waals surface area contributed by atoms with Gasteiger partial charge in [-0.1, -0.05) is 20.3 Å². The summed E-state index contributed by atoms with van der Waals surface area (Å²) in [5, 5.41) is 2.97. The number of carbonyl (C=O) groups is 1. The van der Waals surface area contributed by atoms with Gasteiger partial charge in [-0.2, -0.15) is 0 Å². The van der Waals surface area contributed by atoms with E-state index in [0.717, 1.165) is 13.0 Å². The molecule has 1 aliphatic heterocycles. The summed E-state index contributed by atoms with van der Waals surface area (Å²) in [6, 6.07) is 6.47. The normalized spacial score (nSPS) is 19.4. The van der Waals surface area contributed by atoms with Gasteiger partial charge in [-0.25, -0.2) is 4.39 Å². The Balaban J connectivity index is 1.71. The second kappa shape index (κ2) is 10.4. The lowest BCUT2D eigenvalue weighted by molar-refractivity contribution is -0.128. The Bertz CT molecular complexity index is 521. The van der Waals surface area contributed by atoms with Crippen molar-refractivity contribution in [3.8, 4) is 5.75 Å². The van der Waals surface area contributed by atoms with Crippen LogP contribution in [0.3, 0.4) is 0 Å². The van der Waals surface area contributed by atoms with Gasteiger partial charge in [-0.15, -0.1) is 0 Å². The average molecular weight is 350 g/mol. The maximum atomic E-state index is 12.9. The molecule has 1 aromatic rings. The zero-order chi connectivity index (χ0) is 18.1. The van der Waals surface area contributed by atoms with Crippen LogP contribution in [-0.4, -0.2) is 42.6 Å². The van der Waals surface area contributed by atoms with E-state index in [9.17, 15) is 9.18 Å². The Morgan fingerprint density at radius 3 is 2.76 bits per heavy atom. The first-order chi connectivity index (χ1) is 12.1. The molecular formula is C20H31FN2O2. The molecule has 2 rings (SSSR count). The maximum Gasteiger partial charge on any atom is 0.261 e. The molecule has 0 radical (unpaired) electrons. The van der Waals surface area contributed by atoms with Gasteiger partial charge in [0.05, 0.1) is 0 Å². The van der Waals surface area contributed by atoms with Gasteiger partial charge in [0, 0.05) is 19.1 Å². The summed E-state index contributed by atoms with van der Waals surface area (Å²) in [6.07, 6.45) is 6.12. The molecule has 2 atom stereocenters. The molecule has 0 unspecified atom stereocenters. The summed E-state index contributed by atoms with van der Waals surface area (Å²) in [6.45, 7) is 7.04. The van der Waals surface area contributed by atoms with E-state index in [2.05, 4.69) is 17.1 Å². The Labute approximate surface area is 150 Å². The Hall–Kier alpha value is -1.62. The number of halogens is 1. The summed E-state index contributed by atoms with van der Waals surface area (Å²) in [7, 11) is 0. The van der Waals surface area contributed by atoms with E-state index in [1.165, 1.54) is 44.4 Å². The third kappa shape index (κ3) is 6.31. The minimum atomic E-state index is -0.538. The highest BCUT2D eigenvalue weighted by atomic mass is 19.1. The predicted molar refractivity (Wildman–Crippen MR) is 98.2 cm³/mol. The molecule has 1 heterocycles. The fourth-order valence-electron chi connectivity index (χ4n) is 3.42. The van der Waals surface area contributed by atoms with E-state index in [4.69, 9.17) is 4.74 Å². The second-order valence-corrected chi connectivity index (χ2v) is 6.71. The highest BCUT2D eigenvalue weighted by Crippen LogP contribution is 2.19. The number of piperidine rings is 1. The summed E-state index contributed by atoms with van der Waals surface area (Å²) in [5.74, 6) is 0.105. The van der Waals surface area contributed by atoms with Crippen LogP contribution in [0.4, 0.5) is 4.39 Å². The molecule has 4 nitrogen and oxygen atoms in total. The topological polar surface area (TPSA) is 41.6 Å². The Morgan fingerprint density at radius 2 is 2.08 bits per heavy atom. The van der Waals surface area contributed by atoms with Crippen LogP contribution >= 0.6 is 0 Å². The third-order valence-electron chi connectivity index (χ3n) is 4.90. The smallest absolute Gasteiger partial charge is 0.261 e. The first-order valence-electron chi connectivity index (χ1n) is 9.58. The van der Waals surface area contributed by atoms with Crippen molar-refractivity contribution in [1.82, 2.24) is 10.2 Å². The number of nitrogens with zero attached hydrogens (tertiary/aromatic N) is 1. The molecule has 25 heavy (non-hydrogen) atoms. The summed E-state index contributed by atoms with van der Waals surface area (Å²) >= 11 is 0. The molecule has 0 aliphatic carbocycles. The molecule has 0 aromatic heterocycles. The lowest BCUT2D eigenvalue weighted by Gasteiger charge is -2.35. The highest BCUT2D eigenvalue weighted by Gasteiger charge is 2.21. The number of nitrogens with one attached hydrogen (secondary N) is 1. The van der Waals surface area contributed by atoms with Crippen LogP contribution in [0.15, 0.2) is 24.3 Å². The van der Waals surface area contributed by atoms with E-state index in [0.29, 0.717) is 24.8 Å². The van der Waals surface area contributed by atoms with Crippen molar-refractivity contribution >= 4 is 5.91 Å². The quantitative estimate of drug-likeness (QED) is 0.690. The van der Waals surface area contributed by atoms with Crippen LogP contribution < -0.4 is 10.1 Å². The minimum Gasteiger partial charge on any atom is -0.481 e. The van der Waals surface area contributed by atoms with Gasteiger partial charge >= 0.3 is 0 Å². The van der Waals surface area contributed by atoms with Gasteiger partial charge in [0.2, 0.25) is 0 Å². The third-order valence-corrected chi connectivity index (χ3v) is 4.90. The van der Waals surface area contributed by atoms with Crippen molar-refractivity contribution in [2.24, 2.45) is 0 Å². The van der Waals surface area contributed by atoms with Gasteiger partial charge in [0.1, 0.15) is 11.6 Å². The molecule has 1 amide bonds. The number of likely N-dealkylation sites (tertiary alicyclic amines) is 1. The number of hydrogen-bond acceptors (Lipinski definition) is 3. The number of benzene rings is 1. The maximum absolute atomic E-state index is 12.9. The molecule has 140 valence electrons. The molecule has 0 saturated carbocycles. The van der Waals surface area contributed by atoms with Crippen LogP contribution in [0.25, 0.3) is 0 Å². The Kier molecular flexibility index (Phi) is 8.19. The van der Waals surface area contributed by atoms with Crippen molar-refractivity contribution < 1.29 is 13.9 Å². The number of rotatable bonds is 9. The van der Waals surface area contributed by atoms with E-state index in [1.807, 2.05) is 6.92 Å². The van der Waals surface area contributed by atoms with Gasteiger partial charge in [-0.3, -0.25) is 4.79 Å². The molecule has 5 heteroatoms. The first kappa shape index (κ1) is 19.7. The fraction of sp³-hybridized carbons (Fsp3) is 0.650. The van der Waals surface area contributed by atoms with Crippen LogP contribution in [0.1, 0.15) is 52.4 Å². The molecule has 1 fully saturated rings. The number of carbonyl (C=O) groups excluding carboxylic acids is 1. The molecule has 0 spiro atoms. The summed E-state index contributed by atoms with van der Waals surface area (Å²) in [4.78, 5) is 14.9. The number of amides is 1. The monoisotopic (exact) mass is 350 g/mol. The van der Waals surface area contributed by atoms with Crippen LogP contribution in [0.5, 0.6) is 5.75 Å². The number of ether oxygens (including phenoxy) is 1. The standard InChI is InChI=1S/C20H31FN2O2/c1-3-17-8-5-6-14-23(17)15-7-13-22-20(24)19(4-2)25-18-11-9-16(21)10-12-18/h9-12,17,19H,3-8,13-15H2,1-2H3,(H,22,24)/t17-,19+/m1/s1.